The average Bonchev–Trinajstić information content (AvgIpc) is 3.10. The Kier molecular flexibility index (Phi) is 3.67. The van der Waals surface area contributed by atoms with Crippen molar-refractivity contribution in [1.29, 1.82) is 0 Å². The first-order valence-corrected chi connectivity index (χ1v) is 7.88. The first-order chi connectivity index (χ1) is 9.24. The summed E-state index contributed by atoms with van der Waals surface area (Å²) >= 11 is 1.80. The van der Waals surface area contributed by atoms with Gasteiger partial charge in [0.05, 0.1) is 10.7 Å². The van der Waals surface area contributed by atoms with E-state index in [4.69, 9.17) is 4.98 Å². The van der Waals surface area contributed by atoms with Gasteiger partial charge in [-0.1, -0.05) is 38.1 Å². The lowest BCUT2D eigenvalue weighted by molar-refractivity contribution is 0.756. The SMILES string of the molecule is CC(C)c1ccc(-c2csc(C3CCNC3)n2)cc1. The van der Waals surface area contributed by atoms with Crippen LogP contribution in [-0.2, 0) is 0 Å². The van der Waals surface area contributed by atoms with Crippen LogP contribution < -0.4 is 5.32 Å². The molecule has 1 fully saturated rings. The molecule has 0 aliphatic carbocycles. The second-order valence-corrected chi connectivity index (χ2v) is 6.43. The van der Waals surface area contributed by atoms with Gasteiger partial charge in [-0.2, -0.15) is 0 Å². The predicted octanol–water partition coefficient (Wildman–Crippen LogP) is 4.01. The van der Waals surface area contributed by atoms with Gasteiger partial charge in [-0.05, 0) is 24.4 Å². The highest BCUT2D eigenvalue weighted by Crippen LogP contribution is 2.30. The first-order valence-electron chi connectivity index (χ1n) is 7.00. The van der Waals surface area contributed by atoms with Crippen LogP contribution in [0.1, 0.15) is 42.7 Å². The lowest BCUT2D eigenvalue weighted by Crippen LogP contribution is -2.07. The van der Waals surface area contributed by atoms with Crippen molar-refractivity contribution < 1.29 is 0 Å². The number of hydrogen-bond acceptors (Lipinski definition) is 3. The number of aromatic nitrogens is 1. The highest BCUT2D eigenvalue weighted by atomic mass is 32.1. The minimum absolute atomic E-state index is 0.588. The Morgan fingerprint density at radius 1 is 1.26 bits per heavy atom. The Morgan fingerprint density at radius 3 is 2.68 bits per heavy atom. The molecule has 1 N–H and O–H groups in total. The van der Waals surface area contributed by atoms with Crippen molar-refractivity contribution in [1.82, 2.24) is 10.3 Å². The zero-order valence-electron chi connectivity index (χ0n) is 11.5. The molecule has 100 valence electrons. The molecule has 19 heavy (non-hydrogen) atoms. The van der Waals surface area contributed by atoms with Crippen molar-refractivity contribution in [3.05, 3.63) is 40.2 Å². The van der Waals surface area contributed by atoms with Gasteiger partial charge >= 0.3 is 0 Å². The van der Waals surface area contributed by atoms with Crippen molar-refractivity contribution >= 4 is 11.3 Å². The van der Waals surface area contributed by atoms with Gasteiger partial charge in [0, 0.05) is 23.4 Å². The van der Waals surface area contributed by atoms with Crippen LogP contribution in [0.5, 0.6) is 0 Å². The van der Waals surface area contributed by atoms with E-state index in [1.165, 1.54) is 22.6 Å². The minimum Gasteiger partial charge on any atom is -0.316 e. The van der Waals surface area contributed by atoms with Crippen LogP contribution in [0, 0.1) is 0 Å². The lowest BCUT2D eigenvalue weighted by Gasteiger charge is -2.05. The highest BCUT2D eigenvalue weighted by molar-refractivity contribution is 7.10. The topological polar surface area (TPSA) is 24.9 Å². The zero-order chi connectivity index (χ0) is 13.2. The van der Waals surface area contributed by atoms with Crippen LogP contribution in [-0.4, -0.2) is 18.1 Å². The summed E-state index contributed by atoms with van der Waals surface area (Å²) in [6.45, 7) is 6.66. The smallest absolute Gasteiger partial charge is 0.0976 e. The zero-order valence-corrected chi connectivity index (χ0v) is 12.3. The third-order valence-electron chi connectivity index (χ3n) is 3.80. The summed E-state index contributed by atoms with van der Waals surface area (Å²) in [5.74, 6) is 1.21. The van der Waals surface area contributed by atoms with Gasteiger partial charge in [-0.15, -0.1) is 11.3 Å². The van der Waals surface area contributed by atoms with E-state index in [1.807, 2.05) is 0 Å². The van der Waals surface area contributed by atoms with Gasteiger partial charge in [-0.3, -0.25) is 0 Å². The van der Waals surface area contributed by atoms with Crippen molar-refractivity contribution in [2.75, 3.05) is 13.1 Å². The Morgan fingerprint density at radius 2 is 2.05 bits per heavy atom. The molecule has 1 saturated heterocycles. The molecular formula is C16H20N2S. The maximum absolute atomic E-state index is 4.82. The standard InChI is InChI=1S/C16H20N2S/c1-11(2)12-3-5-13(6-4-12)15-10-19-16(18-15)14-7-8-17-9-14/h3-6,10-11,14,17H,7-9H2,1-2H3. The van der Waals surface area contributed by atoms with Gasteiger partial charge in [0.1, 0.15) is 0 Å². The van der Waals surface area contributed by atoms with Crippen LogP contribution in [0.25, 0.3) is 11.3 Å². The Hall–Kier alpha value is -1.19. The van der Waals surface area contributed by atoms with E-state index in [2.05, 4.69) is 48.8 Å². The molecule has 3 rings (SSSR count). The molecule has 0 saturated carbocycles. The molecule has 3 heteroatoms. The molecule has 0 amide bonds. The average molecular weight is 272 g/mol. The van der Waals surface area contributed by atoms with Crippen molar-refractivity contribution in [2.24, 2.45) is 0 Å². The molecule has 0 radical (unpaired) electrons. The summed E-state index contributed by atoms with van der Waals surface area (Å²) < 4.78 is 0. The quantitative estimate of drug-likeness (QED) is 0.913. The van der Waals surface area contributed by atoms with Crippen LogP contribution in [0.4, 0.5) is 0 Å². The molecule has 0 bridgehead atoms. The van der Waals surface area contributed by atoms with Crippen LogP contribution in [0.15, 0.2) is 29.6 Å². The fraction of sp³-hybridized carbons (Fsp3) is 0.438. The van der Waals surface area contributed by atoms with Crippen molar-refractivity contribution in [2.45, 2.75) is 32.1 Å². The Balaban J connectivity index is 1.81. The molecule has 2 aromatic rings. The van der Waals surface area contributed by atoms with Gasteiger partial charge < -0.3 is 5.32 Å². The number of nitrogens with zero attached hydrogens (tertiary/aromatic N) is 1. The molecule has 1 aliphatic rings. The van der Waals surface area contributed by atoms with Gasteiger partial charge in [-0.25, -0.2) is 4.98 Å². The molecule has 0 spiro atoms. The Bertz CT molecular complexity index is 536. The number of hydrogen-bond donors (Lipinski definition) is 1. The largest absolute Gasteiger partial charge is 0.316 e. The van der Waals surface area contributed by atoms with Crippen molar-refractivity contribution in [3.8, 4) is 11.3 Å². The van der Waals surface area contributed by atoms with E-state index in [-0.39, 0.29) is 0 Å². The van der Waals surface area contributed by atoms with Gasteiger partial charge in [0.15, 0.2) is 0 Å². The molecular weight excluding hydrogens is 252 g/mol. The lowest BCUT2D eigenvalue weighted by atomic mass is 10.0. The maximum atomic E-state index is 4.82. The van der Waals surface area contributed by atoms with Crippen LogP contribution in [0.3, 0.4) is 0 Å². The van der Waals surface area contributed by atoms with E-state index in [9.17, 15) is 0 Å². The van der Waals surface area contributed by atoms with Gasteiger partial charge in [0.2, 0.25) is 0 Å². The van der Waals surface area contributed by atoms with Gasteiger partial charge in [0.25, 0.3) is 0 Å². The molecule has 1 atom stereocenters. The Labute approximate surface area is 118 Å². The summed E-state index contributed by atoms with van der Waals surface area (Å²) in [6.07, 6.45) is 1.22. The van der Waals surface area contributed by atoms with Crippen molar-refractivity contribution in [3.63, 3.8) is 0 Å². The molecule has 1 aromatic heterocycles. The third-order valence-corrected chi connectivity index (χ3v) is 4.81. The summed E-state index contributed by atoms with van der Waals surface area (Å²) in [7, 11) is 0. The normalized spacial score (nSPS) is 19.2. The second-order valence-electron chi connectivity index (χ2n) is 5.54. The molecule has 1 aromatic carbocycles. The predicted molar refractivity (Wildman–Crippen MR) is 81.9 cm³/mol. The maximum Gasteiger partial charge on any atom is 0.0976 e. The number of thiazole rings is 1. The van der Waals surface area contributed by atoms with E-state index in [0.29, 0.717) is 11.8 Å². The molecule has 1 unspecified atom stereocenters. The molecule has 2 heterocycles. The summed E-state index contributed by atoms with van der Waals surface area (Å²) in [5.41, 5.74) is 3.75. The second kappa shape index (κ2) is 5.43. The fourth-order valence-corrected chi connectivity index (χ4v) is 3.48. The third kappa shape index (κ3) is 2.72. The van der Waals surface area contributed by atoms with E-state index < -0.39 is 0 Å². The van der Waals surface area contributed by atoms with E-state index in [0.717, 1.165) is 18.8 Å². The van der Waals surface area contributed by atoms with E-state index >= 15 is 0 Å². The molecule has 1 aliphatic heterocycles. The summed E-state index contributed by atoms with van der Waals surface area (Å²) in [6, 6.07) is 8.83. The highest BCUT2D eigenvalue weighted by Gasteiger charge is 2.19. The van der Waals surface area contributed by atoms with Crippen LogP contribution >= 0.6 is 11.3 Å². The fourth-order valence-electron chi connectivity index (χ4n) is 2.51. The minimum atomic E-state index is 0.588. The first kappa shape index (κ1) is 12.8. The van der Waals surface area contributed by atoms with E-state index in [1.54, 1.807) is 11.3 Å². The summed E-state index contributed by atoms with van der Waals surface area (Å²) in [5, 5.41) is 6.88. The number of rotatable bonds is 3. The number of nitrogens with one attached hydrogen (secondary N) is 1. The molecule has 2 nitrogen and oxygen atoms in total. The van der Waals surface area contributed by atoms with Crippen LogP contribution in [0.2, 0.25) is 0 Å². The summed E-state index contributed by atoms with van der Waals surface area (Å²) in [4.78, 5) is 4.82. The monoisotopic (exact) mass is 272 g/mol. The number of benzene rings is 1.